The van der Waals surface area contributed by atoms with Gasteiger partial charge >= 0.3 is 0 Å². The lowest BCUT2D eigenvalue weighted by molar-refractivity contribution is 1.51. The van der Waals surface area contributed by atoms with Crippen LogP contribution in [0.1, 0.15) is 5.56 Å². The van der Waals surface area contributed by atoms with E-state index in [0.29, 0.717) is 0 Å². The van der Waals surface area contributed by atoms with Gasteiger partial charge in [0, 0.05) is 5.69 Å². The van der Waals surface area contributed by atoms with Crippen molar-refractivity contribution in [3.63, 3.8) is 0 Å². The summed E-state index contributed by atoms with van der Waals surface area (Å²) in [5.74, 6) is 0. The second kappa shape index (κ2) is 2.38. The quantitative estimate of drug-likeness (QED) is 0.608. The average Bonchev–Trinajstić information content (AvgIpc) is 2.29. The van der Waals surface area contributed by atoms with E-state index in [1.807, 2.05) is 19.1 Å². The number of nitrogens with two attached hydrogens (primary N) is 2. The van der Waals surface area contributed by atoms with E-state index in [-0.39, 0.29) is 0 Å². The van der Waals surface area contributed by atoms with Crippen molar-refractivity contribution < 1.29 is 0 Å². The van der Waals surface area contributed by atoms with Crippen molar-refractivity contribution in [1.29, 1.82) is 0 Å². The van der Waals surface area contributed by atoms with Gasteiger partial charge in [-0.2, -0.15) is 0 Å². The van der Waals surface area contributed by atoms with Crippen molar-refractivity contribution in [2.45, 2.75) is 6.92 Å². The molecule has 3 heteroatoms. The third-order valence-electron chi connectivity index (χ3n) is 1.81. The maximum atomic E-state index is 5.83. The van der Waals surface area contributed by atoms with Crippen LogP contribution in [0.25, 0.3) is 10.1 Å². The Kier molecular flexibility index (Phi) is 1.48. The molecule has 2 aromatic rings. The number of rotatable bonds is 0. The number of fused-ring (bicyclic) bond motifs is 1. The lowest BCUT2D eigenvalue weighted by Gasteiger charge is -1.97. The van der Waals surface area contributed by atoms with E-state index in [4.69, 9.17) is 11.5 Å². The molecule has 62 valence electrons. The molecule has 0 amide bonds. The highest BCUT2D eigenvalue weighted by Gasteiger charge is 2.02. The predicted octanol–water partition coefficient (Wildman–Crippen LogP) is 2.37. The Balaban J connectivity index is 2.88. The fraction of sp³-hybridized carbons (Fsp3) is 0.111. The molecular formula is C9H10N2S. The Morgan fingerprint density at radius 2 is 1.92 bits per heavy atom. The van der Waals surface area contributed by atoms with E-state index in [0.717, 1.165) is 20.8 Å². The van der Waals surface area contributed by atoms with Gasteiger partial charge in [-0.3, -0.25) is 0 Å². The fourth-order valence-corrected chi connectivity index (χ4v) is 2.19. The van der Waals surface area contributed by atoms with E-state index >= 15 is 0 Å². The smallest absolute Gasteiger partial charge is 0.0869 e. The summed E-state index contributed by atoms with van der Waals surface area (Å²) >= 11 is 1.54. The highest BCUT2D eigenvalue weighted by molar-refractivity contribution is 7.23. The molecule has 0 radical (unpaired) electrons. The highest BCUT2D eigenvalue weighted by Crippen LogP contribution is 2.32. The molecule has 4 N–H and O–H groups in total. The second-order valence-corrected chi connectivity index (χ2v) is 4.01. The normalized spacial score (nSPS) is 10.8. The van der Waals surface area contributed by atoms with E-state index in [1.54, 1.807) is 11.3 Å². The molecule has 0 saturated heterocycles. The number of thiophene rings is 1. The van der Waals surface area contributed by atoms with Crippen molar-refractivity contribution in [3.05, 3.63) is 23.8 Å². The Hall–Kier alpha value is -1.22. The van der Waals surface area contributed by atoms with Crippen LogP contribution in [0, 0.1) is 6.92 Å². The molecule has 12 heavy (non-hydrogen) atoms. The van der Waals surface area contributed by atoms with Crippen LogP contribution < -0.4 is 11.5 Å². The number of anilines is 2. The summed E-state index contributed by atoms with van der Waals surface area (Å²) < 4.78 is 1.10. The number of hydrogen-bond donors (Lipinski definition) is 2. The van der Waals surface area contributed by atoms with Gasteiger partial charge in [-0.15, -0.1) is 11.3 Å². The van der Waals surface area contributed by atoms with Crippen LogP contribution in [0.4, 0.5) is 10.7 Å². The van der Waals surface area contributed by atoms with Gasteiger partial charge in [0.15, 0.2) is 0 Å². The van der Waals surface area contributed by atoms with Gasteiger partial charge in [-0.05, 0) is 30.0 Å². The Bertz CT molecular complexity index is 431. The molecule has 1 heterocycles. The highest BCUT2D eigenvalue weighted by atomic mass is 32.1. The molecule has 0 saturated carbocycles. The zero-order valence-electron chi connectivity index (χ0n) is 6.79. The first-order valence-electron chi connectivity index (χ1n) is 3.72. The minimum atomic E-state index is 0.822. The Labute approximate surface area is 74.8 Å². The zero-order valence-corrected chi connectivity index (χ0v) is 7.61. The van der Waals surface area contributed by atoms with Crippen LogP contribution in [0.2, 0.25) is 0 Å². The van der Waals surface area contributed by atoms with Gasteiger partial charge in [0.2, 0.25) is 0 Å². The average molecular weight is 178 g/mol. The Morgan fingerprint density at radius 1 is 1.17 bits per heavy atom. The predicted molar refractivity (Wildman–Crippen MR) is 55.4 cm³/mol. The molecule has 0 aliphatic heterocycles. The van der Waals surface area contributed by atoms with Gasteiger partial charge in [0.25, 0.3) is 0 Å². The number of nitrogen functional groups attached to an aromatic ring is 2. The van der Waals surface area contributed by atoms with Gasteiger partial charge < -0.3 is 11.5 Å². The first-order chi connectivity index (χ1) is 5.66. The molecule has 2 nitrogen and oxygen atoms in total. The summed E-state index contributed by atoms with van der Waals surface area (Å²) in [6.07, 6.45) is 0. The summed E-state index contributed by atoms with van der Waals surface area (Å²) in [5.41, 5.74) is 13.5. The largest absolute Gasteiger partial charge is 0.398 e. The lowest BCUT2D eigenvalue weighted by Crippen LogP contribution is -1.84. The third kappa shape index (κ3) is 1.02. The summed E-state index contributed by atoms with van der Waals surface area (Å²) in [4.78, 5) is 0. The van der Waals surface area contributed by atoms with Crippen molar-refractivity contribution in [2.24, 2.45) is 0 Å². The summed E-state index contributed by atoms with van der Waals surface area (Å²) in [5, 5.41) is 1.97. The molecule has 0 spiro atoms. The molecule has 0 fully saturated rings. The van der Waals surface area contributed by atoms with Gasteiger partial charge in [0.05, 0.1) is 9.70 Å². The zero-order chi connectivity index (χ0) is 8.72. The summed E-state index contributed by atoms with van der Waals surface area (Å²) in [6, 6.07) is 6.03. The van der Waals surface area contributed by atoms with Crippen LogP contribution in [0.5, 0.6) is 0 Å². The first-order valence-corrected chi connectivity index (χ1v) is 4.53. The van der Waals surface area contributed by atoms with Crippen LogP contribution in [0.15, 0.2) is 18.2 Å². The minimum absolute atomic E-state index is 0.822. The SMILES string of the molecule is Cc1cc(N)c2sc(N)cc2c1. The maximum Gasteiger partial charge on any atom is 0.0869 e. The molecule has 0 atom stereocenters. The van der Waals surface area contributed by atoms with Crippen LogP contribution in [-0.2, 0) is 0 Å². The topological polar surface area (TPSA) is 52.0 Å². The lowest BCUT2D eigenvalue weighted by atomic mass is 10.1. The molecule has 0 aliphatic carbocycles. The third-order valence-corrected chi connectivity index (χ3v) is 2.84. The summed E-state index contributed by atoms with van der Waals surface area (Å²) in [6.45, 7) is 2.03. The van der Waals surface area contributed by atoms with Crippen LogP contribution in [-0.4, -0.2) is 0 Å². The molecule has 2 rings (SSSR count). The van der Waals surface area contributed by atoms with E-state index in [9.17, 15) is 0 Å². The second-order valence-electron chi connectivity index (χ2n) is 2.92. The van der Waals surface area contributed by atoms with Gasteiger partial charge in [0.1, 0.15) is 0 Å². The maximum absolute atomic E-state index is 5.83. The van der Waals surface area contributed by atoms with Crippen LogP contribution in [0.3, 0.4) is 0 Å². The van der Waals surface area contributed by atoms with E-state index < -0.39 is 0 Å². The molecule has 0 bridgehead atoms. The first kappa shape index (κ1) is 7.43. The van der Waals surface area contributed by atoms with Crippen molar-refractivity contribution in [3.8, 4) is 0 Å². The van der Waals surface area contributed by atoms with Crippen molar-refractivity contribution in [1.82, 2.24) is 0 Å². The summed E-state index contributed by atoms with van der Waals surface area (Å²) in [7, 11) is 0. The van der Waals surface area contributed by atoms with Crippen LogP contribution >= 0.6 is 11.3 Å². The van der Waals surface area contributed by atoms with Crippen molar-refractivity contribution >= 4 is 32.1 Å². The molecule has 1 aromatic carbocycles. The van der Waals surface area contributed by atoms with E-state index in [2.05, 4.69) is 6.07 Å². The molecule has 0 unspecified atom stereocenters. The Morgan fingerprint density at radius 3 is 2.67 bits per heavy atom. The standard InChI is InChI=1S/C9H10N2S/c1-5-2-6-4-8(11)12-9(6)7(10)3-5/h2-4H,10-11H2,1H3. The minimum Gasteiger partial charge on any atom is -0.398 e. The number of benzene rings is 1. The van der Waals surface area contributed by atoms with Gasteiger partial charge in [-0.1, -0.05) is 6.07 Å². The number of hydrogen-bond acceptors (Lipinski definition) is 3. The molecule has 0 aliphatic rings. The fourth-order valence-electron chi connectivity index (χ4n) is 1.36. The number of aryl methyl sites for hydroxylation is 1. The van der Waals surface area contributed by atoms with E-state index in [1.165, 1.54) is 5.56 Å². The monoisotopic (exact) mass is 178 g/mol. The van der Waals surface area contributed by atoms with Crippen molar-refractivity contribution in [2.75, 3.05) is 11.5 Å². The van der Waals surface area contributed by atoms with Gasteiger partial charge in [-0.25, -0.2) is 0 Å². The molecule has 1 aromatic heterocycles. The molecular weight excluding hydrogens is 168 g/mol.